The molecular weight excluding hydrogens is 353 g/mol. The van der Waals surface area contributed by atoms with Crippen LogP contribution in [-0.4, -0.2) is 44.0 Å². The molecule has 0 spiro atoms. The average Bonchev–Trinajstić information content (AvgIpc) is 3.22. The zero-order valence-corrected chi connectivity index (χ0v) is 16.5. The topological polar surface area (TPSA) is 35.6 Å². The Morgan fingerprint density at radius 3 is 2.71 bits per heavy atom. The number of nitrogens with zero attached hydrogens (tertiary/aromatic N) is 2. The van der Waals surface area contributed by atoms with Crippen LogP contribution in [0.15, 0.2) is 42.5 Å². The van der Waals surface area contributed by atoms with Gasteiger partial charge in [0.2, 0.25) is 0 Å². The third-order valence-electron chi connectivity index (χ3n) is 5.96. The van der Waals surface area contributed by atoms with E-state index in [0.717, 1.165) is 26.1 Å². The Hall–Kier alpha value is -2.40. The fourth-order valence-electron chi connectivity index (χ4n) is 4.44. The number of carbonyl (C=O) groups is 1. The molecule has 1 saturated heterocycles. The summed E-state index contributed by atoms with van der Waals surface area (Å²) in [7, 11) is 2.15. The Balaban J connectivity index is 1.53. The molecule has 0 unspecified atom stereocenters. The second-order valence-electron chi connectivity index (χ2n) is 7.89. The molecule has 1 atom stereocenters. The normalized spacial score (nSPS) is 18.0. The molecular formula is C23H28FN3O. The molecule has 148 valence electrons. The van der Waals surface area contributed by atoms with Gasteiger partial charge < -0.3 is 10.2 Å². The number of rotatable bonds is 5. The summed E-state index contributed by atoms with van der Waals surface area (Å²) in [5.74, 6) is -0.607. The molecule has 28 heavy (non-hydrogen) atoms. The molecule has 0 bridgehead atoms. The molecule has 1 fully saturated rings. The van der Waals surface area contributed by atoms with Crippen LogP contribution in [0.5, 0.6) is 0 Å². The first-order valence-corrected chi connectivity index (χ1v) is 10.2. The van der Waals surface area contributed by atoms with Crippen LogP contribution in [0.25, 0.3) is 0 Å². The van der Waals surface area contributed by atoms with E-state index in [0.29, 0.717) is 12.1 Å². The Morgan fingerprint density at radius 1 is 1.11 bits per heavy atom. The van der Waals surface area contributed by atoms with Crippen molar-refractivity contribution < 1.29 is 9.18 Å². The molecule has 4 nitrogen and oxygen atoms in total. The molecule has 2 aliphatic heterocycles. The van der Waals surface area contributed by atoms with Crippen LogP contribution in [0.1, 0.15) is 46.8 Å². The van der Waals surface area contributed by atoms with Crippen molar-refractivity contribution in [3.63, 3.8) is 0 Å². The summed E-state index contributed by atoms with van der Waals surface area (Å²) in [6, 6.07) is 12.8. The minimum atomic E-state index is -0.387. The Labute approximate surface area is 166 Å². The monoisotopic (exact) mass is 381 g/mol. The summed E-state index contributed by atoms with van der Waals surface area (Å²) in [5, 5.41) is 3.03. The molecule has 5 heteroatoms. The largest absolute Gasteiger partial charge is 0.374 e. The first-order valence-electron chi connectivity index (χ1n) is 10.2. The van der Waals surface area contributed by atoms with Crippen molar-refractivity contribution in [2.45, 2.75) is 31.7 Å². The molecule has 0 aliphatic carbocycles. The Bertz CT molecular complexity index is 847. The van der Waals surface area contributed by atoms with Gasteiger partial charge in [-0.1, -0.05) is 18.2 Å². The summed E-state index contributed by atoms with van der Waals surface area (Å²) < 4.78 is 13.4. The fourth-order valence-corrected chi connectivity index (χ4v) is 4.44. The number of halogens is 1. The lowest BCUT2D eigenvalue weighted by Gasteiger charge is -2.32. The Kier molecular flexibility index (Phi) is 5.62. The second-order valence-corrected chi connectivity index (χ2v) is 7.89. The van der Waals surface area contributed by atoms with Gasteiger partial charge in [0, 0.05) is 31.4 Å². The molecule has 2 aliphatic rings. The number of likely N-dealkylation sites (tertiary alicyclic amines) is 1. The minimum Gasteiger partial charge on any atom is -0.374 e. The van der Waals surface area contributed by atoms with Crippen molar-refractivity contribution >= 4 is 11.6 Å². The van der Waals surface area contributed by atoms with Crippen LogP contribution >= 0.6 is 0 Å². The van der Waals surface area contributed by atoms with E-state index in [-0.39, 0.29) is 17.8 Å². The SMILES string of the molecule is CN1CCCc2cc([C@H](CNC(=O)c3cccc(F)c3)N3CCCC3)ccc21. The van der Waals surface area contributed by atoms with Crippen LogP contribution < -0.4 is 10.2 Å². The van der Waals surface area contributed by atoms with Gasteiger partial charge >= 0.3 is 0 Å². The molecule has 1 amide bonds. The molecule has 2 aromatic carbocycles. The van der Waals surface area contributed by atoms with Crippen molar-refractivity contribution in [1.82, 2.24) is 10.2 Å². The summed E-state index contributed by atoms with van der Waals surface area (Å²) in [6.45, 7) is 3.74. The van der Waals surface area contributed by atoms with Gasteiger partial charge in [-0.2, -0.15) is 0 Å². The molecule has 1 N–H and O–H groups in total. The molecule has 0 saturated carbocycles. The van der Waals surface area contributed by atoms with E-state index in [9.17, 15) is 9.18 Å². The lowest BCUT2D eigenvalue weighted by molar-refractivity contribution is 0.0937. The quantitative estimate of drug-likeness (QED) is 0.856. The first-order chi connectivity index (χ1) is 13.6. The van der Waals surface area contributed by atoms with Gasteiger partial charge in [-0.25, -0.2) is 4.39 Å². The average molecular weight is 381 g/mol. The summed E-state index contributed by atoms with van der Waals surface area (Å²) >= 11 is 0. The lowest BCUT2D eigenvalue weighted by Crippen LogP contribution is -2.37. The number of hydrogen-bond donors (Lipinski definition) is 1. The highest BCUT2D eigenvalue weighted by atomic mass is 19.1. The fraction of sp³-hybridized carbons (Fsp3) is 0.435. The molecule has 2 aromatic rings. The smallest absolute Gasteiger partial charge is 0.251 e. The number of amides is 1. The van der Waals surface area contributed by atoms with Crippen LogP contribution in [0.3, 0.4) is 0 Å². The van der Waals surface area contributed by atoms with Crippen molar-refractivity contribution in [3.05, 3.63) is 65.0 Å². The zero-order valence-electron chi connectivity index (χ0n) is 16.5. The van der Waals surface area contributed by atoms with Crippen molar-refractivity contribution in [2.24, 2.45) is 0 Å². The van der Waals surface area contributed by atoms with Crippen LogP contribution in [-0.2, 0) is 6.42 Å². The zero-order chi connectivity index (χ0) is 19.5. The number of aryl methyl sites for hydroxylation is 1. The van der Waals surface area contributed by atoms with Gasteiger partial charge in [-0.3, -0.25) is 9.69 Å². The number of nitrogens with one attached hydrogen (secondary N) is 1. The number of fused-ring (bicyclic) bond motifs is 1. The Morgan fingerprint density at radius 2 is 1.93 bits per heavy atom. The maximum atomic E-state index is 13.4. The van der Waals surface area contributed by atoms with Crippen molar-refractivity contribution in [1.29, 1.82) is 0 Å². The maximum absolute atomic E-state index is 13.4. The van der Waals surface area contributed by atoms with Gasteiger partial charge in [0.25, 0.3) is 5.91 Å². The second kappa shape index (κ2) is 8.31. The van der Waals surface area contributed by atoms with Crippen molar-refractivity contribution in [2.75, 3.05) is 38.1 Å². The highest BCUT2D eigenvalue weighted by Crippen LogP contribution is 2.31. The van der Waals surface area contributed by atoms with Gasteiger partial charge in [0.1, 0.15) is 5.82 Å². The highest BCUT2D eigenvalue weighted by Gasteiger charge is 2.25. The van der Waals surface area contributed by atoms with E-state index in [2.05, 4.69) is 40.4 Å². The predicted molar refractivity (Wildman–Crippen MR) is 110 cm³/mol. The number of hydrogen-bond acceptors (Lipinski definition) is 3. The van der Waals surface area contributed by atoms with Gasteiger partial charge in [0.05, 0.1) is 6.04 Å². The minimum absolute atomic E-state index is 0.151. The number of carbonyl (C=O) groups excluding carboxylic acids is 1. The van der Waals surface area contributed by atoms with E-state index in [1.807, 2.05) is 0 Å². The van der Waals surface area contributed by atoms with E-state index in [1.165, 1.54) is 48.2 Å². The number of benzene rings is 2. The third kappa shape index (κ3) is 4.04. The first kappa shape index (κ1) is 18.9. The molecule has 0 aromatic heterocycles. The van der Waals surface area contributed by atoms with E-state index in [1.54, 1.807) is 12.1 Å². The van der Waals surface area contributed by atoms with E-state index >= 15 is 0 Å². The van der Waals surface area contributed by atoms with Crippen LogP contribution in [0.4, 0.5) is 10.1 Å². The standard InChI is InChI=1S/C23H28FN3O/c1-26-11-5-7-17-14-18(9-10-21(17)26)22(27-12-2-3-13-27)16-25-23(28)19-6-4-8-20(24)15-19/h4,6,8-10,14-15,22H,2-3,5,7,11-13,16H2,1H3,(H,25,28)/t22-/m0/s1. The van der Waals surface area contributed by atoms with E-state index < -0.39 is 0 Å². The molecule has 0 radical (unpaired) electrons. The van der Waals surface area contributed by atoms with E-state index in [4.69, 9.17) is 0 Å². The third-order valence-corrected chi connectivity index (χ3v) is 5.96. The van der Waals surface area contributed by atoms with Crippen LogP contribution in [0, 0.1) is 5.82 Å². The summed E-state index contributed by atoms with van der Waals surface area (Å²) in [4.78, 5) is 17.3. The molecule has 4 rings (SSSR count). The van der Waals surface area contributed by atoms with Gasteiger partial charge in [0.15, 0.2) is 0 Å². The maximum Gasteiger partial charge on any atom is 0.251 e. The highest BCUT2D eigenvalue weighted by molar-refractivity contribution is 5.94. The summed E-state index contributed by atoms with van der Waals surface area (Å²) in [6.07, 6.45) is 4.68. The van der Waals surface area contributed by atoms with Gasteiger partial charge in [-0.05, 0) is 74.2 Å². The van der Waals surface area contributed by atoms with Crippen LogP contribution in [0.2, 0.25) is 0 Å². The summed E-state index contributed by atoms with van der Waals surface area (Å²) in [5.41, 5.74) is 4.34. The van der Waals surface area contributed by atoms with Crippen molar-refractivity contribution in [3.8, 4) is 0 Å². The lowest BCUT2D eigenvalue weighted by atomic mass is 9.96. The number of anilines is 1. The van der Waals surface area contributed by atoms with Gasteiger partial charge in [-0.15, -0.1) is 0 Å². The predicted octanol–water partition coefficient (Wildman–Crippen LogP) is 3.78. The molecule has 2 heterocycles.